The minimum atomic E-state index is -0.0291. The lowest BCUT2D eigenvalue weighted by atomic mass is 9.90. The van der Waals surface area contributed by atoms with Gasteiger partial charge in [-0.15, -0.1) is 0 Å². The highest BCUT2D eigenvalue weighted by atomic mass is 16.1. The Morgan fingerprint density at radius 3 is 2.73 bits per heavy atom. The van der Waals surface area contributed by atoms with Gasteiger partial charge in [-0.2, -0.15) is 0 Å². The van der Waals surface area contributed by atoms with E-state index in [9.17, 15) is 9.59 Å². The van der Waals surface area contributed by atoms with Gasteiger partial charge in [0.15, 0.2) is 5.78 Å². The average molecular weight is 210 g/mol. The first kappa shape index (κ1) is 11.8. The molecule has 0 spiro atoms. The van der Waals surface area contributed by atoms with Crippen molar-refractivity contribution in [2.75, 3.05) is 14.1 Å². The fourth-order valence-corrected chi connectivity index (χ4v) is 1.79. The van der Waals surface area contributed by atoms with Crippen molar-refractivity contribution in [1.82, 2.24) is 10.2 Å². The van der Waals surface area contributed by atoms with Crippen LogP contribution in [0.4, 0.5) is 0 Å². The molecule has 84 valence electrons. The third kappa shape index (κ3) is 3.73. The van der Waals surface area contributed by atoms with E-state index < -0.39 is 0 Å². The summed E-state index contributed by atoms with van der Waals surface area (Å²) < 4.78 is 0. The van der Waals surface area contributed by atoms with Crippen molar-refractivity contribution < 1.29 is 9.59 Å². The van der Waals surface area contributed by atoms with Crippen molar-refractivity contribution in [3.63, 3.8) is 0 Å². The van der Waals surface area contributed by atoms with Gasteiger partial charge in [-0.3, -0.25) is 9.59 Å². The van der Waals surface area contributed by atoms with E-state index in [0.29, 0.717) is 12.8 Å². The summed E-state index contributed by atoms with van der Waals surface area (Å²) in [6.45, 7) is 1.51. The largest absolute Gasteiger partial charge is 0.383 e. The molecule has 1 atom stereocenters. The zero-order valence-electron chi connectivity index (χ0n) is 9.54. The van der Waals surface area contributed by atoms with Crippen molar-refractivity contribution >= 4 is 11.7 Å². The SMILES string of the molecule is CC(=O)NC1CCC(=O)/C(=C\N(C)C)C1. The highest BCUT2D eigenvalue weighted by molar-refractivity contribution is 5.96. The molecule has 1 saturated carbocycles. The number of Topliss-reactive ketones (excluding diaryl/α,β-unsaturated/α-hetero) is 1. The predicted octanol–water partition coefficient (Wildman–Crippen LogP) is 0.690. The van der Waals surface area contributed by atoms with Crippen molar-refractivity contribution in [2.24, 2.45) is 0 Å². The quantitative estimate of drug-likeness (QED) is 0.682. The van der Waals surface area contributed by atoms with Crippen LogP contribution in [0, 0.1) is 0 Å². The van der Waals surface area contributed by atoms with E-state index in [0.717, 1.165) is 12.0 Å². The highest BCUT2D eigenvalue weighted by Crippen LogP contribution is 2.20. The van der Waals surface area contributed by atoms with Gasteiger partial charge < -0.3 is 10.2 Å². The molecule has 1 aliphatic rings. The first-order valence-corrected chi connectivity index (χ1v) is 5.16. The van der Waals surface area contributed by atoms with Crippen molar-refractivity contribution in [3.8, 4) is 0 Å². The van der Waals surface area contributed by atoms with E-state index in [2.05, 4.69) is 5.32 Å². The van der Waals surface area contributed by atoms with Crippen LogP contribution in [0.1, 0.15) is 26.2 Å². The van der Waals surface area contributed by atoms with Gasteiger partial charge in [0.05, 0.1) is 0 Å². The standard InChI is InChI=1S/C11H18N2O2/c1-8(14)12-10-4-5-11(15)9(6-10)7-13(2)3/h7,10H,4-6H2,1-3H3,(H,12,14)/b9-7-. The normalized spacial score (nSPS) is 24.1. The maximum atomic E-state index is 11.6. The molecule has 15 heavy (non-hydrogen) atoms. The Hall–Kier alpha value is -1.32. The summed E-state index contributed by atoms with van der Waals surface area (Å²) in [7, 11) is 3.78. The maximum Gasteiger partial charge on any atom is 0.217 e. The van der Waals surface area contributed by atoms with Crippen LogP contribution in [0.5, 0.6) is 0 Å². The molecule has 1 unspecified atom stereocenters. The Morgan fingerprint density at radius 1 is 1.53 bits per heavy atom. The van der Waals surface area contributed by atoms with Gasteiger partial charge in [0.25, 0.3) is 0 Å². The lowest BCUT2D eigenvalue weighted by Gasteiger charge is -2.24. The molecule has 1 rings (SSSR count). The molecule has 0 saturated heterocycles. The fraction of sp³-hybridized carbons (Fsp3) is 0.636. The molecular weight excluding hydrogens is 192 g/mol. The minimum Gasteiger partial charge on any atom is -0.383 e. The van der Waals surface area contributed by atoms with Crippen LogP contribution >= 0.6 is 0 Å². The highest BCUT2D eigenvalue weighted by Gasteiger charge is 2.23. The average Bonchev–Trinajstić information content (AvgIpc) is 2.09. The number of carbonyl (C=O) groups excluding carboxylic acids is 2. The maximum absolute atomic E-state index is 11.6. The Bertz CT molecular complexity index is 295. The van der Waals surface area contributed by atoms with Crippen molar-refractivity contribution in [3.05, 3.63) is 11.8 Å². The number of nitrogens with one attached hydrogen (secondary N) is 1. The zero-order chi connectivity index (χ0) is 11.4. The van der Waals surface area contributed by atoms with E-state index in [-0.39, 0.29) is 17.7 Å². The van der Waals surface area contributed by atoms with Crippen molar-refractivity contribution in [1.29, 1.82) is 0 Å². The number of rotatable bonds is 2. The first-order valence-electron chi connectivity index (χ1n) is 5.16. The summed E-state index contributed by atoms with van der Waals surface area (Å²) in [5.74, 6) is 0.170. The van der Waals surface area contributed by atoms with Gasteiger partial charge in [0.2, 0.25) is 5.91 Å². The van der Waals surface area contributed by atoms with Crippen LogP contribution in [0.3, 0.4) is 0 Å². The predicted molar refractivity (Wildman–Crippen MR) is 58.2 cm³/mol. The summed E-state index contributed by atoms with van der Waals surface area (Å²) in [4.78, 5) is 24.3. The summed E-state index contributed by atoms with van der Waals surface area (Å²) in [5.41, 5.74) is 0.810. The van der Waals surface area contributed by atoms with Crippen LogP contribution in [0.2, 0.25) is 0 Å². The third-order valence-corrected chi connectivity index (χ3v) is 2.37. The Kier molecular flexibility index (Phi) is 3.88. The topological polar surface area (TPSA) is 49.4 Å². The number of ketones is 1. The molecule has 0 bridgehead atoms. The van der Waals surface area contributed by atoms with Crippen LogP contribution in [-0.4, -0.2) is 36.7 Å². The van der Waals surface area contributed by atoms with E-state index in [4.69, 9.17) is 0 Å². The molecule has 1 aliphatic carbocycles. The fourth-order valence-electron chi connectivity index (χ4n) is 1.79. The zero-order valence-corrected chi connectivity index (χ0v) is 9.54. The smallest absolute Gasteiger partial charge is 0.217 e. The molecule has 0 radical (unpaired) electrons. The number of hydrogen-bond acceptors (Lipinski definition) is 3. The second-order valence-electron chi connectivity index (χ2n) is 4.18. The molecule has 1 amide bonds. The molecular formula is C11H18N2O2. The van der Waals surface area contributed by atoms with Crippen LogP contribution in [0.25, 0.3) is 0 Å². The number of carbonyl (C=O) groups is 2. The number of amides is 1. The molecule has 0 aromatic carbocycles. The van der Waals surface area contributed by atoms with E-state index >= 15 is 0 Å². The molecule has 1 N–H and O–H groups in total. The van der Waals surface area contributed by atoms with Crippen LogP contribution < -0.4 is 5.32 Å². The summed E-state index contributed by atoms with van der Waals surface area (Å²) in [6.07, 6.45) is 3.78. The molecule has 4 heteroatoms. The summed E-state index contributed by atoms with van der Waals surface area (Å²) >= 11 is 0. The van der Waals surface area contributed by atoms with Gasteiger partial charge in [-0.25, -0.2) is 0 Å². The van der Waals surface area contributed by atoms with E-state index in [1.165, 1.54) is 6.92 Å². The first-order chi connectivity index (χ1) is 6.99. The molecule has 0 aliphatic heterocycles. The van der Waals surface area contributed by atoms with Crippen LogP contribution in [-0.2, 0) is 9.59 Å². The minimum absolute atomic E-state index is 0.0291. The van der Waals surface area contributed by atoms with Crippen LogP contribution in [0.15, 0.2) is 11.8 Å². The van der Waals surface area contributed by atoms with Crippen molar-refractivity contribution in [2.45, 2.75) is 32.2 Å². The number of nitrogens with zero attached hydrogens (tertiary/aromatic N) is 1. The summed E-state index contributed by atoms with van der Waals surface area (Å²) in [6, 6.07) is 0.117. The van der Waals surface area contributed by atoms with Gasteiger partial charge in [0.1, 0.15) is 0 Å². The molecule has 0 aromatic heterocycles. The molecule has 0 heterocycles. The van der Waals surface area contributed by atoms with E-state index in [1.54, 1.807) is 0 Å². The molecule has 4 nitrogen and oxygen atoms in total. The Balaban J connectivity index is 2.64. The summed E-state index contributed by atoms with van der Waals surface area (Å²) in [5, 5.41) is 2.85. The lowest BCUT2D eigenvalue weighted by Crippen LogP contribution is -2.37. The monoisotopic (exact) mass is 210 g/mol. The Morgan fingerprint density at radius 2 is 2.20 bits per heavy atom. The van der Waals surface area contributed by atoms with Gasteiger partial charge in [0, 0.05) is 45.3 Å². The Labute approximate surface area is 90.3 Å². The van der Waals surface area contributed by atoms with E-state index in [1.807, 2.05) is 25.2 Å². The third-order valence-electron chi connectivity index (χ3n) is 2.37. The van der Waals surface area contributed by atoms with Gasteiger partial charge >= 0.3 is 0 Å². The van der Waals surface area contributed by atoms with Gasteiger partial charge in [-0.1, -0.05) is 0 Å². The van der Waals surface area contributed by atoms with Gasteiger partial charge in [-0.05, 0) is 12.8 Å². The molecule has 0 aromatic rings. The second kappa shape index (κ2) is 4.96. The molecule has 1 fully saturated rings. The number of hydrogen-bond donors (Lipinski definition) is 1. The second-order valence-corrected chi connectivity index (χ2v) is 4.18. The lowest BCUT2D eigenvalue weighted by molar-refractivity contribution is -0.121.